The van der Waals surface area contributed by atoms with Crippen molar-refractivity contribution < 1.29 is 5.11 Å². The van der Waals surface area contributed by atoms with Crippen LogP contribution in [0.4, 0.5) is 23.0 Å². The predicted molar refractivity (Wildman–Crippen MR) is 136 cm³/mol. The van der Waals surface area contributed by atoms with Crippen LogP contribution in [0.3, 0.4) is 0 Å². The normalized spacial score (nSPS) is 14.0. The summed E-state index contributed by atoms with van der Waals surface area (Å²) in [5.41, 5.74) is 5.22. The first-order chi connectivity index (χ1) is 17.0. The van der Waals surface area contributed by atoms with E-state index in [0.717, 1.165) is 35.7 Å². The molecular formula is C25H27N9O. The van der Waals surface area contributed by atoms with E-state index in [2.05, 4.69) is 43.3 Å². The second-order valence-corrected chi connectivity index (χ2v) is 8.25. The molecule has 0 unspecified atom stereocenters. The van der Waals surface area contributed by atoms with Crippen molar-refractivity contribution in [2.45, 2.75) is 25.9 Å². The van der Waals surface area contributed by atoms with Crippen LogP contribution >= 0.6 is 0 Å². The van der Waals surface area contributed by atoms with Gasteiger partial charge in [-0.2, -0.15) is 5.26 Å². The summed E-state index contributed by atoms with van der Waals surface area (Å²) in [6, 6.07) is 17.3. The van der Waals surface area contributed by atoms with E-state index in [0.29, 0.717) is 35.7 Å². The minimum Gasteiger partial charge on any atom is -0.393 e. The predicted octanol–water partition coefficient (Wildman–Crippen LogP) is 4.30. The van der Waals surface area contributed by atoms with Crippen molar-refractivity contribution in [2.75, 3.05) is 28.3 Å². The summed E-state index contributed by atoms with van der Waals surface area (Å²) >= 11 is 0. The molecule has 1 aromatic heterocycles. The number of aromatic nitrogens is 2. The van der Waals surface area contributed by atoms with Crippen molar-refractivity contribution >= 4 is 23.0 Å². The van der Waals surface area contributed by atoms with Gasteiger partial charge in [-0.25, -0.2) is 15.0 Å². The number of nitrogens with two attached hydrogens (primary N) is 1. The van der Waals surface area contributed by atoms with Crippen LogP contribution in [0, 0.1) is 11.3 Å². The van der Waals surface area contributed by atoms with Gasteiger partial charge in [0.25, 0.3) is 0 Å². The van der Waals surface area contributed by atoms with Crippen molar-refractivity contribution in [3.05, 3.63) is 72.6 Å². The molecule has 0 atom stereocenters. The maximum Gasteiger partial charge on any atom is 0.227 e. The zero-order valence-corrected chi connectivity index (χ0v) is 19.5. The quantitative estimate of drug-likeness (QED) is 0.264. The van der Waals surface area contributed by atoms with Crippen molar-refractivity contribution in [3.8, 4) is 17.3 Å². The zero-order valence-electron chi connectivity index (χ0n) is 19.5. The number of nitriles is 1. The molecule has 10 heteroatoms. The molecule has 0 aliphatic carbocycles. The Balaban J connectivity index is 1.52. The molecular weight excluding hydrogens is 442 g/mol. The molecule has 3 aromatic rings. The molecule has 10 nitrogen and oxygen atoms in total. The lowest BCUT2D eigenvalue weighted by molar-refractivity contribution is 0.145. The summed E-state index contributed by atoms with van der Waals surface area (Å²) in [6.45, 7) is 7.14. The molecule has 0 spiro atoms. The Morgan fingerprint density at radius 1 is 1.23 bits per heavy atom. The monoisotopic (exact) mass is 469 g/mol. The largest absolute Gasteiger partial charge is 0.393 e. The Hall–Kier alpha value is -4.49. The molecule has 1 aliphatic heterocycles. The molecule has 4 N–H and O–H groups in total. The summed E-state index contributed by atoms with van der Waals surface area (Å²) in [7, 11) is 0. The topological polar surface area (TPSA) is 139 Å². The molecule has 35 heavy (non-hydrogen) atoms. The molecule has 2 aromatic carbocycles. The number of nitrogens with zero attached hydrogens (tertiary/aromatic N) is 7. The third-order valence-corrected chi connectivity index (χ3v) is 5.74. The zero-order chi connectivity index (χ0) is 24.8. The molecule has 1 saturated heterocycles. The fraction of sp³-hybridized carbons (Fsp3) is 0.240. The molecule has 4 rings (SSSR count). The molecule has 0 saturated carbocycles. The van der Waals surface area contributed by atoms with Gasteiger partial charge in [-0.1, -0.05) is 17.9 Å². The van der Waals surface area contributed by atoms with E-state index in [9.17, 15) is 10.4 Å². The van der Waals surface area contributed by atoms with E-state index < -0.39 is 0 Å². The van der Waals surface area contributed by atoms with E-state index in [1.165, 1.54) is 5.01 Å². The van der Waals surface area contributed by atoms with Crippen LogP contribution in [0.25, 0.3) is 11.3 Å². The van der Waals surface area contributed by atoms with Gasteiger partial charge in [0.15, 0.2) is 0 Å². The highest BCUT2D eigenvalue weighted by Crippen LogP contribution is 2.29. The van der Waals surface area contributed by atoms with E-state index in [1.54, 1.807) is 13.1 Å². The summed E-state index contributed by atoms with van der Waals surface area (Å²) in [4.78, 5) is 11.1. The van der Waals surface area contributed by atoms with E-state index in [1.807, 2.05) is 48.5 Å². The van der Waals surface area contributed by atoms with Gasteiger partial charge in [0, 0.05) is 36.2 Å². The van der Waals surface area contributed by atoms with Crippen LogP contribution in [0.5, 0.6) is 0 Å². The highest BCUT2D eigenvalue weighted by Gasteiger charge is 2.20. The number of hydrogen-bond acceptors (Lipinski definition) is 8. The molecule has 0 amide bonds. The SMILES string of the molecule is C=C(C)N(/N=N\N)c1ccc(Nc2nccc(-c3ccc(N4CCC(O)CC4)c(C#N)c3)n2)cc1. The highest BCUT2D eigenvalue weighted by atomic mass is 16.3. The van der Waals surface area contributed by atoms with Crippen molar-refractivity contribution in [2.24, 2.45) is 16.3 Å². The number of piperidine rings is 1. The van der Waals surface area contributed by atoms with Crippen molar-refractivity contribution in [1.29, 1.82) is 5.26 Å². The van der Waals surface area contributed by atoms with Crippen LogP contribution in [-0.4, -0.2) is 34.3 Å². The minimum atomic E-state index is -0.263. The van der Waals surface area contributed by atoms with E-state index in [-0.39, 0.29) is 6.10 Å². The number of benzene rings is 2. The molecule has 2 heterocycles. The van der Waals surface area contributed by atoms with Crippen molar-refractivity contribution in [1.82, 2.24) is 9.97 Å². The van der Waals surface area contributed by atoms with Crippen LogP contribution in [0.1, 0.15) is 25.3 Å². The number of aliphatic hydroxyl groups excluding tert-OH is 1. The van der Waals surface area contributed by atoms with Gasteiger partial charge < -0.3 is 21.2 Å². The van der Waals surface area contributed by atoms with Crippen LogP contribution in [-0.2, 0) is 0 Å². The van der Waals surface area contributed by atoms with E-state index >= 15 is 0 Å². The smallest absolute Gasteiger partial charge is 0.227 e. The van der Waals surface area contributed by atoms with Gasteiger partial charge in [-0.15, -0.1) is 0 Å². The number of hydrogen-bond donors (Lipinski definition) is 3. The number of nitrogens with one attached hydrogen (secondary N) is 1. The molecule has 178 valence electrons. The average molecular weight is 470 g/mol. The van der Waals surface area contributed by atoms with Gasteiger partial charge in [0.1, 0.15) is 6.07 Å². The van der Waals surface area contributed by atoms with Crippen LogP contribution in [0.15, 0.2) is 77.5 Å². The molecule has 0 bridgehead atoms. The fourth-order valence-corrected chi connectivity index (χ4v) is 3.96. The van der Waals surface area contributed by atoms with Gasteiger partial charge in [0.05, 0.1) is 28.7 Å². The summed E-state index contributed by atoms with van der Waals surface area (Å²) in [5.74, 6) is 5.62. The molecule has 0 radical (unpaired) electrons. The first-order valence-electron chi connectivity index (χ1n) is 11.2. The highest BCUT2D eigenvalue weighted by molar-refractivity contribution is 5.70. The lowest BCUT2D eigenvalue weighted by Crippen LogP contribution is -2.36. The van der Waals surface area contributed by atoms with Crippen LogP contribution < -0.4 is 21.1 Å². The summed E-state index contributed by atoms with van der Waals surface area (Å²) in [5, 5.41) is 31.4. The average Bonchev–Trinajstić information content (AvgIpc) is 2.88. The fourth-order valence-electron chi connectivity index (χ4n) is 3.96. The first kappa shape index (κ1) is 23.7. The maximum absolute atomic E-state index is 9.78. The Bertz CT molecular complexity index is 1260. The van der Waals surface area contributed by atoms with Crippen LogP contribution in [0.2, 0.25) is 0 Å². The lowest BCUT2D eigenvalue weighted by atomic mass is 10.0. The third-order valence-electron chi connectivity index (χ3n) is 5.74. The standard InChI is InChI=1S/C25H27N9O/c1-17(2)34(32-31-27)21-6-4-20(5-7-21)29-25-28-12-9-23(30-25)18-3-8-24(19(15-18)16-26)33-13-10-22(35)11-14-33/h3-9,12,15,22,35H,1,10-11,13-14H2,2H3,(H2,27,32)(H,28,29,30). The molecule has 1 aliphatic rings. The van der Waals surface area contributed by atoms with Gasteiger partial charge in [-0.05, 0) is 67.5 Å². The summed E-state index contributed by atoms with van der Waals surface area (Å²) in [6.07, 6.45) is 2.82. The Kier molecular flexibility index (Phi) is 7.18. The second kappa shape index (κ2) is 10.6. The maximum atomic E-state index is 9.78. The van der Waals surface area contributed by atoms with Gasteiger partial charge in [0.2, 0.25) is 5.95 Å². The second-order valence-electron chi connectivity index (χ2n) is 8.25. The molecule has 1 fully saturated rings. The minimum absolute atomic E-state index is 0.263. The number of aliphatic hydroxyl groups is 1. The Morgan fingerprint density at radius 2 is 1.97 bits per heavy atom. The van der Waals surface area contributed by atoms with Gasteiger partial charge >= 0.3 is 0 Å². The number of anilines is 4. The lowest BCUT2D eigenvalue weighted by Gasteiger charge is -2.32. The summed E-state index contributed by atoms with van der Waals surface area (Å²) < 4.78 is 0. The van der Waals surface area contributed by atoms with Crippen molar-refractivity contribution in [3.63, 3.8) is 0 Å². The Labute approximate surface area is 204 Å². The number of rotatable bonds is 7. The van der Waals surface area contributed by atoms with Gasteiger partial charge in [-0.3, -0.25) is 0 Å². The first-order valence-corrected chi connectivity index (χ1v) is 11.2. The Morgan fingerprint density at radius 3 is 2.63 bits per heavy atom. The van der Waals surface area contributed by atoms with E-state index in [4.69, 9.17) is 5.84 Å². The third kappa shape index (κ3) is 5.54. The number of allylic oxidation sites excluding steroid dienone is 1.